The highest BCUT2D eigenvalue weighted by molar-refractivity contribution is 5.98. The second kappa shape index (κ2) is 12.8. The third-order valence-corrected chi connectivity index (χ3v) is 12.9. The van der Waals surface area contributed by atoms with Gasteiger partial charge in [-0.3, -0.25) is 0 Å². The standard InChI is InChI=1S/C56H42N2/c1-55(2)47-23-13-12-21-43(47)45-32-40(29-30-48(45)55)42-20-11-10-19-41(42)35-25-27-36(28-26-35)51-34-52(58-54(57-51)37-15-6-5-7-16-37)44-22-14-24-49-53(44)46-31-38-17-8-9-18-39(38)33-50(46)56(49,3)4/h5-34H,1-4H3. The summed E-state index contributed by atoms with van der Waals surface area (Å²) in [6, 6.07) is 66.3. The molecule has 2 aliphatic rings. The van der Waals surface area contributed by atoms with E-state index in [2.05, 4.69) is 204 Å². The SMILES string of the molecule is CC1(C)c2ccccc2-c2cc(-c3ccccc3-c3ccc(-c4cc(-c5cccc6c5-c5cc7ccccc7cc5C6(C)C)nc(-c5ccccc5)n4)cc3)ccc21. The lowest BCUT2D eigenvalue weighted by Crippen LogP contribution is -2.14. The smallest absolute Gasteiger partial charge is 0.160 e. The first kappa shape index (κ1) is 34.4. The highest BCUT2D eigenvalue weighted by Gasteiger charge is 2.38. The van der Waals surface area contributed by atoms with Gasteiger partial charge in [0.15, 0.2) is 5.82 Å². The zero-order valence-electron chi connectivity index (χ0n) is 33.2. The molecule has 0 aliphatic heterocycles. The molecule has 0 bridgehead atoms. The van der Waals surface area contributed by atoms with Crippen molar-refractivity contribution in [3.05, 3.63) is 204 Å². The minimum Gasteiger partial charge on any atom is -0.228 e. The topological polar surface area (TPSA) is 25.8 Å². The Morgan fingerprint density at radius 3 is 1.64 bits per heavy atom. The third-order valence-electron chi connectivity index (χ3n) is 12.9. The van der Waals surface area contributed by atoms with Gasteiger partial charge in [0, 0.05) is 27.5 Å². The lowest BCUT2D eigenvalue weighted by molar-refractivity contribution is 0.660. The number of aromatic nitrogens is 2. The monoisotopic (exact) mass is 742 g/mol. The quantitative estimate of drug-likeness (QED) is 0.175. The van der Waals surface area contributed by atoms with Gasteiger partial charge in [-0.2, -0.15) is 0 Å². The van der Waals surface area contributed by atoms with Gasteiger partial charge in [0.1, 0.15) is 0 Å². The van der Waals surface area contributed by atoms with Crippen LogP contribution >= 0.6 is 0 Å². The maximum absolute atomic E-state index is 5.31. The zero-order valence-corrected chi connectivity index (χ0v) is 33.2. The van der Waals surface area contributed by atoms with Crippen molar-refractivity contribution in [3.63, 3.8) is 0 Å². The lowest BCUT2D eigenvalue weighted by atomic mass is 9.81. The van der Waals surface area contributed by atoms with E-state index in [0.29, 0.717) is 0 Å². The second-order valence-electron chi connectivity index (χ2n) is 17.0. The Morgan fingerprint density at radius 2 is 0.862 bits per heavy atom. The molecule has 0 unspecified atom stereocenters. The molecule has 0 fully saturated rings. The van der Waals surface area contributed by atoms with Gasteiger partial charge in [-0.25, -0.2) is 9.97 Å². The van der Waals surface area contributed by atoms with Gasteiger partial charge in [-0.05, 0) is 102 Å². The van der Waals surface area contributed by atoms with Crippen molar-refractivity contribution >= 4 is 10.8 Å². The Balaban J connectivity index is 1.02. The molecule has 2 heteroatoms. The van der Waals surface area contributed by atoms with Crippen molar-refractivity contribution in [2.75, 3.05) is 0 Å². The highest BCUT2D eigenvalue weighted by Crippen LogP contribution is 2.53. The number of rotatable bonds is 5. The van der Waals surface area contributed by atoms with Gasteiger partial charge in [0.05, 0.1) is 11.4 Å². The van der Waals surface area contributed by atoms with E-state index >= 15 is 0 Å². The van der Waals surface area contributed by atoms with Crippen LogP contribution in [0.5, 0.6) is 0 Å². The molecule has 58 heavy (non-hydrogen) atoms. The van der Waals surface area contributed by atoms with Crippen LogP contribution < -0.4 is 0 Å². The van der Waals surface area contributed by atoms with Gasteiger partial charge >= 0.3 is 0 Å². The molecule has 0 atom stereocenters. The molecule has 0 saturated carbocycles. The fourth-order valence-corrected chi connectivity index (χ4v) is 9.83. The third kappa shape index (κ3) is 5.25. The number of hydrogen-bond donors (Lipinski definition) is 0. The van der Waals surface area contributed by atoms with Crippen molar-refractivity contribution in [1.29, 1.82) is 0 Å². The van der Waals surface area contributed by atoms with Crippen LogP contribution in [0.2, 0.25) is 0 Å². The first-order valence-electron chi connectivity index (χ1n) is 20.3. The summed E-state index contributed by atoms with van der Waals surface area (Å²) < 4.78 is 0. The summed E-state index contributed by atoms with van der Waals surface area (Å²) in [6.45, 7) is 9.37. The summed E-state index contributed by atoms with van der Waals surface area (Å²) in [5.74, 6) is 0.720. The van der Waals surface area contributed by atoms with Crippen LogP contribution in [-0.4, -0.2) is 9.97 Å². The molecule has 8 aromatic carbocycles. The van der Waals surface area contributed by atoms with Gasteiger partial charge < -0.3 is 0 Å². The Labute approximate surface area is 340 Å². The zero-order chi connectivity index (χ0) is 39.2. The van der Waals surface area contributed by atoms with E-state index in [-0.39, 0.29) is 10.8 Å². The summed E-state index contributed by atoms with van der Waals surface area (Å²) in [5.41, 5.74) is 20.4. The molecular formula is C56H42N2. The highest BCUT2D eigenvalue weighted by atomic mass is 14.9. The maximum Gasteiger partial charge on any atom is 0.160 e. The van der Waals surface area contributed by atoms with Crippen LogP contribution in [0.3, 0.4) is 0 Å². The van der Waals surface area contributed by atoms with Crippen molar-refractivity contribution in [2.45, 2.75) is 38.5 Å². The van der Waals surface area contributed by atoms with Crippen molar-refractivity contribution in [3.8, 4) is 78.4 Å². The molecular weight excluding hydrogens is 701 g/mol. The van der Waals surface area contributed by atoms with E-state index in [1.807, 2.05) is 6.07 Å². The minimum absolute atomic E-state index is 0.0163. The van der Waals surface area contributed by atoms with Gasteiger partial charge in [-0.1, -0.05) is 185 Å². The molecule has 1 aromatic heterocycles. The number of hydrogen-bond acceptors (Lipinski definition) is 2. The predicted molar refractivity (Wildman–Crippen MR) is 242 cm³/mol. The van der Waals surface area contributed by atoms with Crippen LogP contribution in [-0.2, 0) is 10.8 Å². The average molecular weight is 743 g/mol. The molecule has 0 amide bonds. The molecule has 0 spiro atoms. The van der Waals surface area contributed by atoms with Crippen LogP contribution in [0.15, 0.2) is 182 Å². The van der Waals surface area contributed by atoms with Gasteiger partial charge in [0.2, 0.25) is 0 Å². The molecule has 2 nitrogen and oxygen atoms in total. The Morgan fingerprint density at radius 1 is 0.310 bits per heavy atom. The van der Waals surface area contributed by atoms with E-state index < -0.39 is 0 Å². The summed E-state index contributed by atoms with van der Waals surface area (Å²) in [7, 11) is 0. The van der Waals surface area contributed by atoms with Crippen molar-refractivity contribution < 1.29 is 0 Å². The van der Waals surface area contributed by atoms with Crippen molar-refractivity contribution in [2.24, 2.45) is 0 Å². The molecule has 276 valence electrons. The van der Waals surface area contributed by atoms with Gasteiger partial charge in [-0.15, -0.1) is 0 Å². The van der Waals surface area contributed by atoms with Crippen LogP contribution in [0, 0.1) is 0 Å². The summed E-state index contributed by atoms with van der Waals surface area (Å²) >= 11 is 0. The van der Waals surface area contributed by atoms with E-state index in [1.54, 1.807) is 0 Å². The molecule has 0 radical (unpaired) electrons. The molecule has 0 N–H and O–H groups in total. The van der Waals surface area contributed by atoms with E-state index in [0.717, 1.165) is 33.9 Å². The Hall–Kier alpha value is -6.90. The molecule has 11 rings (SSSR count). The summed E-state index contributed by atoms with van der Waals surface area (Å²) in [6.07, 6.45) is 0. The number of fused-ring (bicyclic) bond motifs is 7. The summed E-state index contributed by atoms with van der Waals surface area (Å²) in [5, 5.41) is 2.52. The molecule has 0 saturated heterocycles. The summed E-state index contributed by atoms with van der Waals surface area (Å²) in [4.78, 5) is 10.5. The van der Waals surface area contributed by atoms with Crippen molar-refractivity contribution in [1.82, 2.24) is 9.97 Å². The normalized spacial score (nSPS) is 14.1. The van der Waals surface area contributed by atoms with E-state index in [1.165, 1.54) is 77.5 Å². The average Bonchev–Trinajstić information content (AvgIpc) is 3.64. The van der Waals surface area contributed by atoms with Crippen LogP contribution in [0.1, 0.15) is 49.9 Å². The van der Waals surface area contributed by atoms with Crippen LogP contribution in [0.25, 0.3) is 89.2 Å². The fourth-order valence-electron chi connectivity index (χ4n) is 9.83. The Kier molecular flexibility index (Phi) is 7.59. The molecule has 9 aromatic rings. The maximum atomic E-state index is 5.31. The molecule has 1 heterocycles. The van der Waals surface area contributed by atoms with E-state index in [4.69, 9.17) is 9.97 Å². The number of benzene rings is 8. The minimum atomic E-state index is -0.143. The molecule has 2 aliphatic carbocycles. The fraction of sp³-hybridized carbons (Fsp3) is 0.107. The second-order valence-corrected chi connectivity index (χ2v) is 17.0. The predicted octanol–water partition coefficient (Wildman–Crippen LogP) is 14.6. The number of nitrogens with zero attached hydrogens (tertiary/aromatic N) is 2. The largest absolute Gasteiger partial charge is 0.228 e. The van der Waals surface area contributed by atoms with Gasteiger partial charge in [0.25, 0.3) is 0 Å². The first-order chi connectivity index (χ1) is 28.3. The van der Waals surface area contributed by atoms with E-state index in [9.17, 15) is 0 Å². The Bertz CT molecular complexity index is 3100. The first-order valence-corrected chi connectivity index (χ1v) is 20.3. The lowest BCUT2D eigenvalue weighted by Gasteiger charge is -2.22. The van der Waals surface area contributed by atoms with Crippen LogP contribution in [0.4, 0.5) is 0 Å².